The number of nitrogens with zero attached hydrogens (tertiary/aromatic N) is 3. The first-order chi connectivity index (χ1) is 15.9. The van der Waals surface area contributed by atoms with Crippen LogP contribution in [0.1, 0.15) is 23.1 Å². The summed E-state index contributed by atoms with van der Waals surface area (Å²) >= 11 is 0.819. The predicted molar refractivity (Wildman–Crippen MR) is 122 cm³/mol. The van der Waals surface area contributed by atoms with E-state index in [9.17, 15) is 17.6 Å². The van der Waals surface area contributed by atoms with Crippen LogP contribution in [-0.2, 0) is 29.4 Å². The number of anilines is 1. The third kappa shape index (κ3) is 4.05. The van der Waals surface area contributed by atoms with E-state index >= 15 is 0 Å². The molecule has 4 aromatic rings. The molecule has 0 fully saturated rings. The van der Waals surface area contributed by atoms with E-state index in [-0.39, 0.29) is 22.8 Å². The van der Waals surface area contributed by atoms with Crippen LogP contribution in [0.25, 0.3) is 11.1 Å². The van der Waals surface area contributed by atoms with Gasteiger partial charge in [0.2, 0.25) is 5.13 Å². The third-order valence-electron chi connectivity index (χ3n) is 5.91. The smallest absolute Gasteiger partial charge is 0.408 e. The minimum absolute atomic E-state index is 0.00208. The highest BCUT2D eigenvalue weighted by Gasteiger charge is 2.25. The molecule has 2 aromatic heterocycles. The van der Waals surface area contributed by atoms with Crippen LogP contribution in [0, 0.1) is 5.82 Å². The monoisotopic (exact) mass is 489 g/mol. The number of halogens is 1. The molecular formula is C21H20FN5O4S2. The Morgan fingerprint density at radius 2 is 2.18 bits per heavy atom. The van der Waals surface area contributed by atoms with Crippen LogP contribution in [0.2, 0.25) is 0 Å². The molecule has 1 aliphatic carbocycles. The Hall–Kier alpha value is -3.09. The SMILES string of the molecule is CNC1CCc2cccc(Cn3c(=O)oc4cc(S(=O)(=O)Nc5ncns5)c(F)cc43)c2C1. The number of sulfonamides is 1. The molecule has 1 unspecified atom stereocenters. The Morgan fingerprint density at radius 3 is 2.94 bits per heavy atom. The summed E-state index contributed by atoms with van der Waals surface area (Å²) in [6.45, 7) is 0.194. The van der Waals surface area contributed by atoms with E-state index in [1.54, 1.807) is 0 Å². The molecule has 0 spiro atoms. The highest BCUT2D eigenvalue weighted by Crippen LogP contribution is 2.28. The molecule has 9 nitrogen and oxygen atoms in total. The maximum Gasteiger partial charge on any atom is 0.420 e. The van der Waals surface area contributed by atoms with Gasteiger partial charge in [0.15, 0.2) is 5.58 Å². The van der Waals surface area contributed by atoms with Crippen LogP contribution in [0.5, 0.6) is 0 Å². The topological polar surface area (TPSA) is 119 Å². The number of likely N-dealkylation sites (N-methyl/N-ethyl adjacent to an activating group) is 1. The Kier molecular flexibility index (Phi) is 5.51. The molecule has 0 radical (unpaired) electrons. The van der Waals surface area contributed by atoms with Gasteiger partial charge in [-0.1, -0.05) is 18.2 Å². The van der Waals surface area contributed by atoms with Crippen LogP contribution in [0.4, 0.5) is 9.52 Å². The summed E-state index contributed by atoms with van der Waals surface area (Å²) < 4.78 is 52.7. The van der Waals surface area contributed by atoms with Gasteiger partial charge in [0.1, 0.15) is 17.0 Å². The number of fused-ring (bicyclic) bond motifs is 2. The van der Waals surface area contributed by atoms with E-state index < -0.39 is 26.5 Å². The quantitative estimate of drug-likeness (QED) is 0.427. The van der Waals surface area contributed by atoms with Gasteiger partial charge >= 0.3 is 5.76 Å². The number of hydrogen-bond acceptors (Lipinski definition) is 8. The molecule has 12 heteroatoms. The van der Waals surface area contributed by atoms with Gasteiger partial charge in [-0.2, -0.15) is 4.37 Å². The van der Waals surface area contributed by atoms with Crippen molar-refractivity contribution in [2.45, 2.75) is 36.7 Å². The molecule has 0 bridgehead atoms. The van der Waals surface area contributed by atoms with Crippen LogP contribution < -0.4 is 15.8 Å². The van der Waals surface area contributed by atoms with E-state index in [1.165, 1.54) is 22.0 Å². The average molecular weight is 490 g/mol. The van der Waals surface area contributed by atoms with Crippen LogP contribution in [0.15, 0.2) is 50.8 Å². The molecule has 0 amide bonds. The van der Waals surface area contributed by atoms with Crippen molar-refractivity contribution in [2.24, 2.45) is 0 Å². The summed E-state index contributed by atoms with van der Waals surface area (Å²) in [6.07, 6.45) is 3.99. The van der Waals surface area contributed by atoms with E-state index in [1.807, 2.05) is 19.2 Å². The van der Waals surface area contributed by atoms with Gasteiger partial charge in [-0.3, -0.25) is 9.29 Å². The van der Waals surface area contributed by atoms with Crippen molar-refractivity contribution in [1.82, 2.24) is 19.2 Å². The summed E-state index contributed by atoms with van der Waals surface area (Å²) in [5, 5.41) is 3.31. The molecule has 0 saturated carbocycles. The van der Waals surface area contributed by atoms with Crippen molar-refractivity contribution in [2.75, 3.05) is 11.8 Å². The second-order valence-electron chi connectivity index (χ2n) is 7.84. The lowest BCUT2D eigenvalue weighted by Gasteiger charge is -2.26. The van der Waals surface area contributed by atoms with Crippen LogP contribution in [-0.4, -0.2) is 35.4 Å². The normalized spacial score (nSPS) is 16.1. The first kappa shape index (κ1) is 21.7. The summed E-state index contributed by atoms with van der Waals surface area (Å²) in [6, 6.07) is 8.36. The number of oxazole rings is 1. The first-order valence-electron chi connectivity index (χ1n) is 10.2. The highest BCUT2D eigenvalue weighted by atomic mass is 32.2. The fourth-order valence-corrected chi connectivity index (χ4v) is 5.97. The maximum atomic E-state index is 14.9. The number of aromatic nitrogens is 3. The van der Waals surface area contributed by atoms with Crippen molar-refractivity contribution < 1.29 is 17.2 Å². The Labute approximate surface area is 192 Å². The molecule has 2 N–H and O–H groups in total. The second kappa shape index (κ2) is 8.36. The average Bonchev–Trinajstić information content (AvgIpc) is 3.40. The lowest BCUT2D eigenvalue weighted by molar-refractivity contribution is 0.489. The molecule has 0 aliphatic heterocycles. The van der Waals surface area contributed by atoms with Gasteiger partial charge in [0.25, 0.3) is 10.0 Å². The number of aryl methyl sites for hydroxylation is 1. The van der Waals surface area contributed by atoms with Gasteiger partial charge in [-0.05, 0) is 43.0 Å². The van der Waals surface area contributed by atoms with E-state index in [2.05, 4.69) is 25.5 Å². The minimum atomic E-state index is -4.28. The molecule has 33 heavy (non-hydrogen) atoms. The van der Waals surface area contributed by atoms with Crippen molar-refractivity contribution in [3.05, 3.63) is 69.7 Å². The number of rotatable bonds is 6. The first-order valence-corrected chi connectivity index (χ1v) is 12.5. The van der Waals surface area contributed by atoms with Gasteiger partial charge < -0.3 is 9.73 Å². The third-order valence-corrected chi connectivity index (χ3v) is 7.98. The van der Waals surface area contributed by atoms with Crippen molar-refractivity contribution in [3.63, 3.8) is 0 Å². The van der Waals surface area contributed by atoms with Crippen molar-refractivity contribution >= 4 is 37.8 Å². The zero-order valence-corrected chi connectivity index (χ0v) is 19.2. The van der Waals surface area contributed by atoms with Gasteiger partial charge in [0, 0.05) is 29.7 Å². The molecule has 2 aromatic carbocycles. The van der Waals surface area contributed by atoms with Gasteiger partial charge in [-0.25, -0.2) is 22.6 Å². The van der Waals surface area contributed by atoms with Crippen LogP contribution in [0.3, 0.4) is 0 Å². The zero-order chi connectivity index (χ0) is 23.2. The maximum absolute atomic E-state index is 14.9. The molecular weight excluding hydrogens is 469 g/mol. The summed E-state index contributed by atoms with van der Waals surface area (Å²) in [7, 11) is -2.35. The molecule has 1 atom stereocenters. The summed E-state index contributed by atoms with van der Waals surface area (Å²) in [5.41, 5.74) is 3.53. The molecule has 5 rings (SSSR count). The fourth-order valence-electron chi connectivity index (χ4n) is 4.24. The van der Waals surface area contributed by atoms with Crippen molar-refractivity contribution in [1.29, 1.82) is 0 Å². The zero-order valence-electron chi connectivity index (χ0n) is 17.5. The molecule has 172 valence electrons. The van der Waals surface area contributed by atoms with E-state index in [4.69, 9.17) is 4.42 Å². The summed E-state index contributed by atoms with van der Waals surface area (Å²) in [4.78, 5) is 15.7. The Balaban J connectivity index is 1.54. The fraction of sp³-hybridized carbons (Fsp3) is 0.286. The van der Waals surface area contributed by atoms with E-state index in [0.717, 1.165) is 48.5 Å². The Bertz CT molecular complexity index is 1500. The lowest BCUT2D eigenvalue weighted by atomic mass is 9.85. The highest BCUT2D eigenvalue weighted by molar-refractivity contribution is 7.93. The second-order valence-corrected chi connectivity index (χ2v) is 10.3. The number of hydrogen-bond donors (Lipinski definition) is 2. The standard InChI is InChI=1S/C21H20FN5O4S2/c1-23-14-6-5-12-3-2-4-13(15(12)7-14)10-27-17-8-16(22)19(9-18(17)31-21(27)28)33(29,30)26-20-24-11-25-32-20/h2-4,8-9,11,14,23H,5-7,10H2,1H3,(H,24,25,26). The van der Waals surface area contributed by atoms with Crippen LogP contribution >= 0.6 is 11.5 Å². The van der Waals surface area contributed by atoms with Gasteiger partial charge in [0.05, 0.1) is 12.1 Å². The molecule has 1 aliphatic rings. The number of nitrogens with one attached hydrogen (secondary N) is 2. The molecule has 2 heterocycles. The Morgan fingerprint density at radius 1 is 1.33 bits per heavy atom. The number of benzene rings is 2. The van der Waals surface area contributed by atoms with Crippen molar-refractivity contribution in [3.8, 4) is 0 Å². The lowest BCUT2D eigenvalue weighted by Crippen LogP contribution is -2.32. The largest absolute Gasteiger partial charge is 0.420 e. The molecule has 0 saturated heterocycles. The van der Waals surface area contributed by atoms with Gasteiger partial charge in [-0.15, -0.1) is 0 Å². The minimum Gasteiger partial charge on any atom is -0.408 e. The summed E-state index contributed by atoms with van der Waals surface area (Å²) in [5.74, 6) is -1.69. The van der Waals surface area contributed by atoms with E-state index in [0.29, 0.717) is 6.04 Å². The predicted octanol–water partition coefficient (Wildman–Crippen LogP) is 2.51.